The summed E-state index contributed by atoms with van der Waals surface area (Å²) in [5.74, 6) is 0.107. The summed E-state index contributed by atoms with van der Waals surface area (Å²) in [6.07, 6.45) is 1.92. The Bertz CT molecular complexity index is 883. The monoisotopic (exact) mass is 423 g/mol. The fraction of sp³-hybridized carbons (Fsp3) is 0.375. The smallest absolute Gasteiger partial charge is 0.257 e. The van der Waals surface area contributed by atoms with Crippen LogP contribution >= 0.6 is 0 Å². The Morgan fingerprint density at radius 2 is 1.81 bits per heavy atom. The highest BCUT2D eigenvalue weighted by Gasteiger charge is 2.28. The molecule has 2 aromatic rings. The van der Waals surface area contributed by atoms with Gasteiger partial charge < -0.3 is 20.3 Å². The van der Waals surface area contributed by atoms with E-state index in [2.05, 4.69) is 10.6 Å². The molecular weight excluding hydrogens is 394 g/mol. The second kappa shape index (κ2) is 11.2. The average molecular weight is 424 g/mol. The Balaban J connectivity index is 1.49. The molecule has 7 nitrogen and oxygen atoms in total. The number of piperidine rings is 1. The molecule has 0 bridgehead atoms. The first-order valence-corrected chi connectivity index (χ1v) is 10.7. The van der Waals surface area contributed by atoms with Crippen molar-refractivity contribution in [1.82, 2.24) is 10.2 Å². The van der Waals surface area contributed by atoms with E-state index in [-0.39, 0.29) is 30.2 Å². The summed E-state index contributed by atoms with van der Waals surface area (Å²) in [6.45, 7) is 3.48. The van der Waals surface area contributed by atoms with Gasteiger partial charge in [0.25, 0.3) is 5.91 Å². The fourth-order valence-corrected chi connectivity index (χ4v) is 3.58. The minimum atomic E-state index is -0.234. The van der Waals surface area contributed by atoms with Crippen molar-refractivity contribution >= 4 is 23.4 Å². The lowest BCUT2D eigenvalue weighted by Gasteiger charge is -2.32. The average Bonchev–Trinajstić information content (AvgIpc) is 2.79. The maximum absolute atomic E-state index is 12.7. The summed E-state index contributed by atoms with van der Waals surface area (Å²) in [6, 6.07) is 16.6. The third-order valence-corrected chi connectivity index (χ3v) is 5.21. The Morgan fingerprint density at radius 1 is 1.06 bits per heavy atom. The minimum absolute atomic E-state index is 0.0472. The zero-order valence-corrected chi connectivity index (χ0v) is 17.8. The molecule has 1 aliphatic heterocycles. The summed E-state index contributed by atoms with van der Waals surface area (Å²) < 4.78 is 5.42. The molecule has 1 heterocycles. The number of likely N-dealkylation sites (tertiary alicyclic amines) is 1. The number of hydrogen-bond donors (Lipinski definition) is 2. The number of rotatable bonds is 8. The van der Waals surface area contributed by atoms with Crippen LogP contribution in [0.15, 0.2) is 54.6 Å². The number of anilines is 1. The molecule has 1 atom stereocenters. The van der Waals surface area contributed by atoms with Gasteiger partial charge in [-0.1, -0.05) is 30.3 Å². The van der Waals surface area contributed by atoms with E-state index in [4.69, 9.17) is 4.74 Å². The van der Waals surface area contributed by atoms with Crippen molar-refractivity contribution in [3.05, 3.63) is 60.2 Å². The van der Waals surface area contributed by atoms with E-state index in [1.165, 1.54) is 0 Å². The van der Waals surface area contributed by atoms with Crippen molar-refractivity contribution in [2.45, 2.75) is 26.2 Å². The van der Waals surface area contributed by atoms with Crippen molar-refractivity contribution in [2.24, 2.45) is 5.92 Å². The number of ether oxygens (including phenoxy) is 1. The van der Waals surface area contributed by atoms with Crippen LogP contribution in [-0.4, -0.2) is 48.9 Å². The Kier molecular flexibility index (Phi) is 8.04. The first-order chi connectivity index (χ1) is 15.0. The van der Waals surface area contributed by atoms with Gasteiger partial charge in [-0.3, -0.25) is 14.4 Å². The molecule has 7 heteroatoms. The summed E-state index contributed by atoms with van der Waals surface area (Å²) in [5.41, 5.74) is 1.64. The topological polar surface area (TPSA) is 87.7 Å². The van der Waals surface area contributed by atoms with Gasteiger partial charge in [0.15, 0.2) is 6.61 Å². The molecule has 31 heavy (non-hydrogen) atoms. The Labute approximate surface area is 182 Å². The van der Waals surface area contributed by atoms with E-state index in [9.17, 15) is 14.4 Å². The van der Waals surface area contributed by atoms with E-state index < -0.39 is 0 Å². The molecule has 1 unspecified atom stereocenters. The highest BCUT2D eigenvalue weighted by Crippen LogP contribution is 2.21. The van der Waals surface area contributed by atoms with Gasteiger partial charge >= 0.3 is 0 Å². The van der Waals surface area contributed by atoms with Crippen molar-refractivity contribution in [3.63, 3.8) is 0 Å². The lowest BCUT2D eigenvalue weighted by molar-refractivity contribution is -0.134. The summed E-state index contributed by atoms with van der Waals surface area (Å²) >= 11 is 0. The molecule has 164 valence electrons. The molecule has 1 aliphatic rings. The quantitative estimate of drug-likeness (QED) is 0.683. The van der Waals surface area contributed by atoms with Gasteiger partial charge in [0.1, 0.15) is 5.75 Å². The molecule has 0 aromatic heterocycles. The van der Waals surface area contributed by atoms with Crippen LogP contribution in [0.2, 0.25) is 0 Å². The molecule has 3 rings (SSSR count). The number of likely N-dealkylation sites (N-methyl/N-ethyl adjacent to an activating group) is 1. The second-order valence-corrected chi connectivity index (χ2v) is 7.60. The number of amides is 3. The predicted molar refractivity (Wildman–Crippen MR) is 119 cm³/mol. The van der Waals surface area contributed by atoms with Crippen LogP contribution in [0.5, 0.6) is 5.75 Å². The first-order valence-electron chi connectivity index (χ1n) is 10.7. The normalized spacial score (nSPS) is 15.8. The third kappa shape index (κ3) is 6.84. The molecule has 0 saturated carbocycles. The number of carbonyl (C=O) groups excluding carboxylic acids is 3. The van der Waals surface area contributed by atoms with Crippen LogP contribution in [0.25, 0.3) is 0 Å². The van der Waals surface area contributed by atoms with Gasteiger partial charge in [-0.15, -0.1) is 0 Å². The highest BCUT2D eigenvalue weighted by atomic mass is 16.5. The van der Waals surface area contributed by atoms with Crippen LogP contribution in [0, 0.1) is 5.92 Å². The summed E-state index contributed by atoms with van der Waals surface area (Å²) in [7, 11) is 0. The largest absolute Gasteiger partial charge is 0.484 e. The van der Waals surface area contributed by atoms with Crippen LogP contribution in [0.1, 0.15) is 25.3 Å². The van der Waals surface area contributed by atoms with Crippen molar-refractivity contribution in [2.75, 3.05) is 31.6 Å². The second-order valence-electron chi connectivity index (χ2n) is 7.60. The van der Waals surface area contributed by atoms with Gasteiger partial charge in [-0.05, 0) is 49.6 Å². The molecule has 2 N–H and O–H groups in total. The van der Waals surface area contributed by atoms with Gasteiger partial charge in [-0.2, -0.15) is 0 Å². The SMILES string of the molecule is CCNC(=O)COc1ccc(NC(=O)C2CCCN(C(=O)Cc3ccccc3)C2)cc1. The maximum Gasteiger partial charge on any atom is 0.257 e. The van der Waals surface area contributed by atoms with Crippen molar-refractivity contribution in [1.29, 1.82) is 0 Å². The van der Waals surface area contributed by atoms with Crippen LogP contribution in [0.3, 0.4) is 0 Å². The number of benzene rings is 2. The predicted octanol–water partition coefficient (Wildman–Crippen LogP) is 2.62. The lowest BCUT2D eigenvalue weighted by atomic mass is 9.96. The molecule has 0 radical (unpaired) electrons. The minimum Gasteiger partial charge on any atom is -0.484 e. The van der Waals surface area contributed by atoms with Crippen molar-refractivity contribution < 1.29 is 19.1 Å². The van der Waals surface area contributed by atoms with Gasteiger partial charge in [0.2, 0.25) is 11.8 Å². The number of nitrogens with one attached hydrogen (secondary N) is 2. The molecular formula is C24H29N3O4. The molecule has 1 saturated heterocycles. The number of carbonyl (C=O) groups is 3. The number of nitrogens with zero attached hydrogens (tertiary/aromatic N) is 1. The summed E-state index contributed by atoms with van der Waals surface area (Å²) in [5, 5.41) is 5.59. The summed E-state index contributed by atoms with van der Waals surface area (Å²) in [4.78, 5) is 38.6. The number of hydrogen-bond acceptors (Lipinski definition) is 4. The van der Waals surface area contributed by atoms with Crippen LogP contribution < -0.4 is 15.4 Å². The lowest BCUT2D eigenvalue weighted by Crippen LogP contribution is -2.44. The molecule has 3 amide bonds. The third-order valence-electron chi connectivity index (χ3n) is 5.21. The maximum atomic E-state index is 12.7. The zero-order chi connectivity index (χ0) is 22.1. The van der Waals surface area contributed by atoms with E-state index in [0.29, 0.717) is 37.5 Å². The standard InChI is InChI=1S/C24H29N3O4/c1-2-25-22(28)17-31-21-12-10-20(11-13-21)26-24(30)19-9-6-14-27(16-19)23(29)15-18-7-4-3-5-8-18/h3-5,7-8,10-13,19H,2,6,9,14-17H2,1H3,(H,25,28)(H,26,30). The van der Waals surface area contributed by atoms with E-state index in [1.54, 1.807) is 29.2 Å². The fourth-order valence-electron chi connectivity index (χ4n) is 3.58. The van der Waals surface area contributed by atoms with E-state index in [1.807, 2.05) is 37.3 Å². The van der Waals surface area contributed by atoms with Gasteiger partial charge in [0, 0.05) is 25.3 Å². The van der Waals surface area contributed by atoms with Crippen LogP contribution in [0.4, 0.5) is 5.69 Å². The van der Waals surface area contributed by atoms with Gasteiger partial charge in [-0.25, -0.2) is 0 Å². The van der Waals surface area contributed by atoms with Crippen molar-refractivity contribution in [3.8, 4) is 5.75 Å². The Morgan fingerprint density at radius 3 is 2.52 bits per heavy atom. The molecule has 0 aliphatic carbocycles. The van der Waals surface area contributed by atoms with E-state index >= 15 is 0 Å². The molecule has 0 spiro atoms. The highest BCUT2D eigenvalue weighted by molar-refractivity contribution is 5.93. The Hall–Kier alpha value is -3.35. The van der Waals surface area contributed by atoms with Gasteiger partial charge in [0.05, 0.1) is 12.3 Å². The zero-order valence-electron chi connectivity index (χ0n) is 17.8. The molecule has 1 fully saturated rings. The van der Waals surface area contributed by atoms with Crippen LogP contribution in [-0.2, 0) is 20.8 Å². The molecule has 2 aromatic carbocycles. The van der Waals surface area contributed by atoms with E-state index in [0.717, 1.165) is 18.4 Å². The first kappa shape index (κ1) is 22.3.